The fourth-order valence-corrected chi connectivity index (χ4v) is 3.39. The van der Waals surface area contributed by atoms with Crippen molar-refractivity contribution in [1.29, 1.82) is 0 Å². The van der Waals surface area contributed by atoms with Gasteiger partial charge in [-0.25, -0.2) is 0 Å². The fourth-order valence-electron chi connectivity index (χ4n) is 2.46. The minimum atomic E-state index is -0.714. The summed E-state index contributed by atoms with van der Waals surface area (Å²) in [4.78, 5) is 25.7. The van der Waals surface area contributed by atoms with Crippen molar-refractivity contribution in [3.05, 3.63) is 84.4 Å². The minimum absolute atomic E-state index is 0.264. The molecule has 3 rings (SSSR count). The molecular formula is C22H20N2O3S. The number of primary amides is 1. The Morgan fingerprint density at radius 1 is 0.929 bits per heavy atom. The average Bonchev–Trinajstić information content (AvgIpc) is 2.70. The molecule has 0 aliphatic carbocycles. The number of hydrogen-bond donors (Lipinski definition) is 2. The molecule has 0 saturated heterocycles. The Morgan fingerprint density at radius 2 is 1.57 bits per heavy atom. The van der Waals surface area contributed by atoms with E-state index in [1.807, 2.05) is 54.6 Å². The summed E-state index contributed by atoms with van der Waals surface area (Å²) in [6, 6.07) is 23.9. The van der Waals surface area contributed by atoms with Crippen molar-refractivity contribution in [2.24, 2.45) is 5.73 Å². The molecule has 5 nitrogen and oxygen atoms in total. The summed E-state index contributed by atoms with van der Waals surface area (Å²) in [6.07, 6.45) is -0.714. The van der Waals surface area contributed by atoms with Crippen LogP contribution in [0.4, 0.5) is 5.69 Å². The summed E-state index contributed by atoms with van der Waals surface area (Å²) < 4.78 is 5.67. The van der Waals surface area contributed by atoms with Crippen LogP contribution in [0.5, 0.6) is 5.75 Å². The lowest BCUT2D eigenvalue weighted by molar-refractivity contribution is -0.122. The van der Waals surface area contributed by atoms with E-state index in [0.717, 1.165) is 15.5 Å². The molecule has 3 aromatic carbocycles. The molecule has 0 heterocycles. The van der Waals surface area contributed by atoms with Crippen molar-refractivity contribution >= 4 is 29.3 Å². The molecule has 0 saturated carbocycles. The third kappa shape index (κ3) is 5.14. The summed E-state index contributed by atoms with van der Waals surface area (Å²) in [6.45, 7) is 1.67. The van der Waals surface area contributed by atoms with Gasteiger partial charge in [-0.1, -0.05) is 42.1 Å². The van der Waals surface area contributed by atoms with Crippen LogP contribution < -0.4 is 15.8 Å². The normalized spacial score (nSPS) is 11.5. The van der Waals surface area contributed by atoms with Gasteiger partial charge in [0.25, 0.3) is 5.91 Å². The van der Waals surface area contributed by atoms with Crippen molar-refractivity contribution in [3.63, 3.8) is 0 Å². The molecule has 6 heteroatoms. The van der Waals surface area contributed by atoms with Gasteiger partial charge in [0.05, 0.1) is 5.69 Å². The summed E-state index contributed by atoms with van der Waals surface area (Å²) in [5.41, 5.74) is 6.33. The van der Waals surface area contributed by atoms with Gasteiger partial charge < -0.3 is 15.8 Å². The zero-order valence-corrected chi connectivity index (χ0v) is 16.1. The molecule has 0 bridgehead atoms. The highest BCUT2D eigenvalue weighted by molar-refractivity contribution is 7.99. The highest BCUT2D eigenvalue weighted by atomic mass is 32.2. The molecule has 142 valence electrons. The Hall–Kier alpha value is -3.25. The highest BCUT2D eigenvalue weighted by Crippen LogP contribution is 2.33. The van der Waals surface area contributed by atoms with Gasteiger partial charge in [0, 0.05) is 15.4 Å². The van der Waals surface area contributed by atoms with Crippen molar-refractivity contribution in [2.75, 3.05) is 5.32 Å². The van der Waals surface area contributed by atoms with Gasteiger partial charge in [-0.15, -0.1) is 0 Å². The van der Waals surface area contributed by atoms with E-state index < -0.39 is 12.0 Å². The van der Waals surface area contributed by atoms with E-state index in [9.17, 15) is 9.59 Å². The number of nitrogens with one attached hydrogen (secondary N) is 1. The Bertz CT molecular complexity index is 959. The number of carbonyl (C=O) groups excluding carboxylic acids is 2. The Morgan fingerprint density at radius 3 is 2.25 bits per heavy atom. The molecular weight excluding hydrogens is 372 g/mol. The van der Waals surface area contributed by atoms with Crippen LogP contribution in [0.15, 0.2) is 88.7 Å². The second-order valence-corrected chi connectivity index (χ2v) is 7.16. The van der Waals surface area contributed by atoms with Crippen LogP contribution in [0.1, 0.15) is 17.3 Å². The van der Waals surface area contributed by atoms with E-state index in [4.69, 9.17) is 10.5 Å². The van der Waals surface area contributed by atoms with Gasteiger partial charge in [-0.2, -0.15) is 0 Å². The summed E-state index contributed by atoms with van der Waals surface area (Å²) in [5, 5.41) is 2.92. The maximum Gasteiger partial charge on any atom is 0.265 e. The molecule has 28 heavy (non-hydrogen) atoms. The smallest absolute Gasteiger partial charge is 0.265 e. The lowest BCUT2D eigenvalue weighted by Gasteiger charge is -2.16. The number of carbonyl (C=O) groups is 2. The molecule has 2 amide bonds. The van der Waals surface area contributed by atoms with E-state index in [1.165, 1.54) is 0 Å². The second-order valence-electron chi connectivity index (χ2n) is 6.05. The maximum absolute atomic E-state index is 12.6. The lowest BCUT2D eigenvalue weighted by atomic mass is 10.2. The van der Waals surface area contributed by atoms with Crippen molar-refractivity contribution in [2.45, 2.75) is 22.8 Å². The first-order valence-electron chi connectivity index (χ1n) is 8.72. The first kappa shape index (κ1) is 19.5. The molecule has 0 aliphatic heterocycles. The maximum atomic E-state index is 12.6. The van der Waals surface area contributed by atoms with Crippen LogP contribution in [0.25, 0.3) is 0 Å². The number of anilines is 1. The quantitative estimate of drug-likeness (QED) is 0.627. The molecule has 0 spiro atoms. The first-order valence-corrected chi connectivity index (χ1v) is 9.54. The van der Waals surface area contributed by atoms with Crippen LogP contribution in [0, 0.1) is 0 Å². The van der Waals surface area contributed by atoms with Crippen LogP contribution in [0.3, 0.4) is 0 Å². The highest BCUT2D eigenvalue weighted by Gasteiger charge is 2.17. The van der Waals surface area contributed by atoms with Crippen LogP contribution in [-0.4, -0.2) is 17.9 Å². The van der Waals surface area contributed by atoms with E-state index >= 15 is 0 Å². The number of ether oxygens (including phenoxy) is 1. The van der Waals surface area contributed by atoms with Crippen molar-refractivity contribution in [1.82, 2.24) is 0 Å². The van der Waals surface area contributed by atoms with Gasteiger partial charge in [0.2, 0.25) is 5.91 Å². The van der Waals surface area contributed by atoms with E-state index in [-0.39, 0.29) is 5.91 Å². The van der Waals surface area contributed by atoms with E-state index in [0.29, 0.717) is 11.3 Å². The van der Waals surface area contributed by atoms with E-state index in [1.54, 1.807) is 43.0 Å². The fraction of sp³-hybridized carbons (Fsp3) is 0.0909. The van der Waals surface area contributed by atoms with Gasteiger partial charge in [0.1, 0.15) is 5.75 Å². The van der Waals surface area contributed by atoms with Crippen molar-refractivity contribution in [3.8, 4) is 5.75 Å². The molecule has 0 aromatic heterocycles. The first-order chi connectivity index (χ1) is 13.5. The monoisotopic (exact) mass is 392 g/mol. The lowest BCUT2D eigenvalue weighted by Crippen LogP contribution is -2.30. The molecule has 1 atom stereocenters. The van der Waals surface area contributed by atoms with Gasteiger partial charge in [0.15, 0.2) is 6.10 Å². The van der Waals surface area contributed by atoms with Gasteiger partial charge in [-0.05, 0) is 55.5 Å². The number of hydrogen-bond acceptors (Lipinski definition) is 4. The Balaban J connectivity index is 1.66. The van der Waals surface area contributed by atoms with Crippen LogP contribution in [0.2, 0.25) is 0 Å². The predicted molar refractivity (Wildman–Crippen MR) is 111 cm³/mol. The molecule has 0 aliphatic rings. The molecule has 0 fully saturated rings. The third-order valence-corrected chi connectivity index (χ3v) is 5.02. The topological polar surface area (TPSA) is 81.4 Å². The predicted octanol–water partition coefficient (Wildman–Crippen LogP) is 4.34. The van der Waals surface area contributed by atoms with Crippen molar-refractivity contribution < 1.29 is 14.3 Å². The Kier molecular flexibility index (Phi) is 6.34. The van der Waals surface area contributed by atoms with E-state index in [2.05, 4.69) is 5.32 Å². The zero-order chi connectivity index (χ0) is 19.9. The number of benzene rings is 3. The summed E-state index contributed by atoms with van der Waals surface area (Å²) in [7, 11) is 0. The second kappa shape index (κ2) is 9.10. The largest absolute Gasteiger partial charge is 0.481 e. The number of rotatable bonds is 7. The van der Waals surface area contributed by atoms with Crippen LogP contribution in [-0.2, 0) is 4.79 Å². The Labute approximate surface area is 167 Å². The standard InChI is InChI=1S/C22H20N2O3S/c1-15(27-17-13-11-16(12-14-17)21(23)25)22(26)24-19-9-5-6-10-20(19)28-18-7-3-2-4-8-18/h2-15H,1H3,(H2,23,25)(H,24,26)/t15-/m0/s1. The SMILES string of the molecule is C[C@H](Oc1ccc(C(N)=O)cc1)C(=O)Nc1ccccc1Sc1ccccc1. The van der Waals surface area contributed by atoms with Gasteiger partial charge >= 0.3 is 0 Å². The minimum Gasteiger partial charge on any atom is -0.481 e. The van der Waals surface area contributed by atoms with Gasteiger partial charge in [-0.3, -0.25) is 9.59 Å². The zero-order valence-electron chi connectivity index (χ0n) is 15.3. The number of nitrogens with two attached hydrogens (primary N) is 1. The summed E-state index contributed by atoms with van der Waals surface area (Å²) >= 11 is 1.58. The number of amides is 2. The third-order valence-electron chi connectivity index (χ3n) is 3.94. The number of para-hydroxylation sites is 1. The molecule has 3 N–H and O–H groups in total. The molecule has 0 unspecified atom stereocenters. The molecule has 3 aromatic rings. The van der Waals surface area contributed by atoms with Crippen LogP contribution >= 0.6 is 11.8 Å². The average molecular weight is 392 g/mol. The summed E-state index contributed by atoms with van der Waals surface area (Å²) in [5.74, 6) is -0.287. The molecule has 0 radical (unpaired) electrons.